The third-order valence-electron chi connectivity index (χ3n) is 3.58. The van der Waals surface area contributed by atoms with Crippen molar-refractivity contribution in [1.82, 2.24) is 20.2 Å². The number of amides is 1. The predicted molar refractivity (Wildman–Crippen MR) is 98.4 cm³/mol. The Bertz CT molecular complexity index is 972. The lowest BCUT2D eigenvalue weighted by Crippen LogP contribution is -2.17. The van der Waals surface area contributed by atoms with Crippen LogP contribution in [-0.4, -0.2) is 26.9 Å². The van der Waals surface area contributed by atoms with E-state index in [0.29, 0.717) is 16.9 Å². The maximum atomic E-state index is 13.1. The number of halogens is 2. The summed E-state index contributed by atoms with van der Waals surface area (Å²) in [6.07, 6.45) is 2.88. The maximum absolute atomic E-state index is 13.1. The zero-order chi connectivity index (χ0) is 19.2. The van der Waals surface area contributed by atoms with Crippen molar-refractivity contribution in [3.05, 3.63) is 77.1 Å². The van der Waals surface area contributed by atoms with Crippen LogP contribution in [0.3, 0.4) is 0 Å². The highest BCUT2D eigenvalue weighted by Crippen LogP contribution is 2.20. The molecule has 3 aromatic rings. The van der Waals surface area contributed by atoms with E-state index in [1.807, 2.05) is 23.7 Å². The van der Waals surface area contributed by atoms with Gasteiger partial charge in [0.15, 0.2) is 16.8 Å². The number of hydrazone groups is 1. The molecule has 0 atom stereocenters. The van der Waals surface area contributed by atoms with Gasteiger partial charge in [0.2, 0.25) is 0 Å². The van der Waals surface area contributed by atoms with E-state index in [1.165, 1.54) is 12.3 Å². The van der Waals surface area contributed by atoms with Crippen molar-refractivity contribution in [1.29, 1.82) is 0 Å². The topological polar surface area (TPSA) is 72.2 Å². The van der Waals surface area contributed by atoms with Gasteiger partial charge in [0.05, 0.1) is 6.21 Å². The van der Waals surface area contributed by atoms with Crippen LogP contribution in [0.15, 0.2) is 59.0 Å². The number of hydrogen-bond donors (Lipinski definition) is 1. The Morgan fingerprint density at radius 1 is 1.22 bits per heavy atom. The number of nitrogens with zero attached hydrogens (tertiary/aromatic N) is 4. The normalized spacial score (nSPS) is 11.1. The van der Waals surface area contributed by atoms with Crippen molar-refractivity contribution in [2.75, 3.05) is 0 Å². The largest absolute Gasteiger partial charge is 0.312 e. The lowest BCUT2D eigenvalue weighted by atomic mass is 10.1. The molecule has 1 heterocycles. The van der Waals surface area contributed by atoms with E-state index in [-0.39, 0.29) is 0 Å². The van der Waals surface area contributed by atoms with Crippen LogP contribution in [0.25, 0.3) is 0 Å². The van der Waals surface area contributed by atoms with Gasteiger partial charge in [-0.25, -0.2) is 14.2 Å². The Morgan fingerprint density at radius 3 is 2.67 bits per heavy atom. The lowest BCUT2D eigenvalue weighted by molar-refractivity contribution is 0.0955. The molecule has 3 rings (SSSR count). The third kappa shape index (κ3) is 4.98. The van der Waals surface area contributed by atoms with E-state index in [0.717, 1.165) is 22.9 Å². The molecule has 0 saturated carbocycles. The SMILES string of the molecule is Cn1cnnc1SCc1ccc(C(=O)N/N=C\c2ccc(F)c(F)c2)cc1. The smallest absolute Gasteiger partial charge is 0.271 e. The Hall–Kier alpha value is -3.07. The molecule has 1 aromatic heterocycles. The Labute approximate surface area is 158 Å². The minimum Gasteiger partial charge on any atom is -0.312 e. The van der Waals surface area contributed by atoms with Crippen molar-refractivity contribution in [2.45, 2.75) is 10.9 Å². The quantitative estimate of drug-likeness (QED) is 0.401. The number of carbonyl (C=O) groups is 1. The summed E-state index contributed by atoms with van der Waals surface area (Å²) in [4.78, 5) is 12.1. The van der Waals surface area contributed by atoms with E-state index in [1.54, 1.807) is 30.2 Å². The molecule has 0 fully saturated rings. The summed E-state index contributed by atoms with van der Waals surface area (Å²) in [5.74, 6) is -1.61. The number of hydrogen-bond acceptors (Lipinski definition) is 5. The molecule has 2 aromatic carbocycles. The molecule has 0 radical (unpaired) electrons. The molecular formula is C18H15F2N5OS. The number of nitrogens with one attached hydrogen (secondary N) is 1. The molecule has 0 aliphatic carbocycles. The first-order chi connectivity index (χ1) is 13.0. The second-order valence-electron chi connectivity index (χ2n) is 5.58. The van der Waals surface area contributed by atoms with E-state index in [2.05, 4.69) is 20.7 Å². The van der Waals surface area contributed by atoms with Crippen molar-refractivity contribution >= 4 is 23.9 Å². The van der Waals surface area contributed by atoms with Crippen LogP contribution in [0.5, 0.6) is 0 Å². The van der Waals surface area contributed by atoms with Crippen molar-refractivity contribution in [3.8, 4) is 0 Å². The van der Waals surface area contributed by atoms with E-state index >= 15 is 0 Å². The molecule has 0 aliphatic heterocycles. The first-order valence-corrected chi connectivity index (χ1v) is 8.85. The van der Waals surface area contributed by atoms with Crippen LogP contribution < -0.4 is 5.43 Å². The van der Waals surface area contributed by atoms with E-state index < -0.39 is 17.5 Å². The number of rotatable bonds is 6. The van der Waals surface area contributed by atoms with Gasteiger partial charge in [0, 0.05) is 18.4 Å². The standard InChI is InChI=1S/C18H15F2N5OS/c1-25-11-22-24-18(25)27-10-12-2-5-14(6-3-12)17(26)23-21-9-13-4-7-15(19)16(20)8-13/h2-9,11H,10H2,1H3,(H,23,26)/b21-9-. The predicted octanol–water partition coefficient (Wildman–Crippen LogP) is 3.15. The summed E-state index contributed by atoms with van der Waals surface area (Å²) in [5, 5.41) is 12.4. The molecule has 9 heteroatoms. The molecule has 138 valence electrons. The zero-order valence-corrected chi connectivity index (χ0v) is 15.1. The highest BCUT2D eigenvalue weighted by molar-refractivity contribution is 7.98. The third-order valence-corrected chi connectivity index (χ3v) is 4.68. The molecule has 0 spiro atoms. The number of aryl methyl sites for hydroxylation is 1. The van der Waals surface area contributed by atoms with Gasteiger partial charge in [0.1, 0.15) is 6.33 Å². The summed E-state index contributed by atoms with van der Waals surface area (Å²) in [7, 11) is 1.87. The fourth-order valence-corrected chi connectivity index (χ4v) is 2.97. The number of carbonyl (C=O) groups excluding carboxylic acids is 1. The second-order valence-corrected chi connectivity index (χ2v) is 6.53. The molecule has 6 nitrogen and oxygen atoms in total. The molecule has 0 unspecified atom stereocenters. The van der Waals surface area contributed by atoms with Crippen LogP contribution in [-0.2, 0) is 12.8 Å². The average molecular weight is 387 g/mol. The highest BCUT2D eigenvalue weighted by Gasteiger charge is 2.06. The highest BCUT2D eigenvalue weighted by atomic mass is 32.2. The monoisotopic (exact) mass is 387 g/mol. The molecule has 0 bridgehead atoms. The Balaban J connectivity index is 1.54. The first kappa shape index (κ1) is 18.7. The van der Waals surface area contributed by atoms with Crippen molar-refractivity contribution in [3.63, 3.8) is 0 Å². The molecule has 0 aliphatic rings. The lowest BCUT2D eigenvalue weighted by Gasteiger charge is -2.03. The van der Waals surface area contributed by atoms with Crippen LogP contribution in [0, 0.1) is 11.6 Å². The second kappa shape index (κ2) is 8.54. The summed E-state index contributed by atoms with van der Waals surface area (Å²) < 4.78 is 27.8. The first-order valence-electron chi connectivity index (χ1n) is 7.87. The van der Waals surface area contributed by atoms with Gasteiger partial charge >= 0.3 is 0 Å². The van der Waals surface area contributed by atoms with Crippen LogP contribution >= 0.6 is 11.8 Å². The van der Waals surface area contributed by atoms with Gasteiger partial charge in [-0.15, -0.1) is 10.2 Å². The molecular weight excluding hydrogens is 372 g/mol. The van der Waals surface area contributed by atoms with Gasteiger partial charge in [-0.1, -0.05) is 30.0 Å². The van der Waals surface area contributed by atoms with Gasteiger partial charge < -0.3 is 4.57 Å². The van der Waals surface area contributed by atoms with Gasteiger partial charge in [-0.05, 0) is 35.4 Å². The van der Waals surface area contributed by atoms with Crippen molar-refractivity contribution in [2.24, 2.45) is 12.1 Å². The van der Waals surface area contributed by atoms with Gasteiger partial charge in [-0.3, -0.25) is 4.79 Å². The Morgan fingerprint density at radius 2 is 2.00 bits per heavy atom. The molecule has 0 saturated heterocycles. The summed E-state index contributed by atoms with van der Waals surface area (Å²) in [6, 6.07) is 10.4. The van der Waals surface area contributed by atoms with Gasteiger partial charge in [0.25, 0.3) is 5.91 Å². The van der Waals surface area contributed by atoms with Crippen LogP contribution in [0.2, 0.25) is 0 Å². The van der Waals surface area contributed by atoms with Crippen LogP contribution in [0.4, 0.5) is 8.78 Å². The summed E-state index contributed by atoms with van der Waals surface area (Å²) >= 11 is 1.54. The molecule has 1 amide bonds. The number of thioether (sulfide) groups is 1. The van der Waals surface area contributed by atoms with Crippen molar-refractivity contribution < 1.29 is 13.6 Å². The zero-order valence-electron chi connectivity index (χ0n) is 14.3. The minimum atomic E-state index is -0.972. The van der Waals surface area contributed by atoms with E-state index in [9.17, 15) is 13.6 Å². The number of aromatic nitrogens is 3. The van der Waals surface area contributed by atoms with Crippen LogP contribution in [0.1, 0.15) is 21.5 Å². The molecule has 1 N–H and O–H groups in total. The van der Waals surface area contributed by atoms with E-state index in [4.69, 9.17) is 0 Å². The summed E-state index contributed by atoms with van der Waals surface area (Å²) in [6.45, 7) is 0. The molecule has 27 heavy (non-hydrogen) atoms. The number of benzene rings is 2. The fraction of sp³-hybridized carbons (Fsp3) is 0.111. The summed E-state index contributed by atoms with van der Waals surface area (Å²) in [5.41, 5.74) is 4.16. The Kier molecular flexibility index (Phi) is 5.92. The van der Waals surface area contributed by atoms with Gasteiger partial charge in [-0.2, -0.15) is 5.10 Å². The fourth-order valence-electron chi connectivity index (χ4n) is 2.13. The minimum absolute atomic E-state index is 0.338. The maximum Gasteiger partial charge on any atom is 0.271 e. The average Bonchev–Trinajstić information content (AvgIpc) is 3.08.